The van der Waals surface area contributed by atoms with Crippen molar-refractivity contribution < 1.29 is 8.91 Å². The van der Waals surface area contributed by atoms with Crippen LogP contribution in [0.15, 0.2) is 22.7 Å². The van der Waals surface area contributed by atoms with Gasteiger partial charge in [-0.1, -0.05) is 31.1 Å². The molecule has 1 unspecified atom stereocenters. The fraction of sp³-hybridized carbons (Fsp3) is 0.467. The van der Waals surface area contributed by atoms with Crippen LogP contribution in [-0.4, -0.2) is 34.7 Å². The Bertz CT molecular complexity index is 595. The van der Waals surface area contributed by atoms with Crippen molar-refractivity contribution in [2.45, 2.75) is 26.8 Å². The number of likely N-dealkylation sites (N-methyl/N-ethyl adjacent to an activating group) is 1. The van der Waals surface area contributed by atoms with E-state index < -0.39 is 0 Å². The van der Waals surface area contributed by atoms with E-state index in [1.807, 2.05) is 0 Å². The van der Waals surface area contributed by atoms with Crippen molar-refractivity contribution in [2.75, 3.05) is 19.6 Å². The number of benzene rings is 1. The molecule has 0 saturated carbocycles. The zero-order chi connectivity index (χ0) is 15.4. The number of nitrogens with two attached hydrogens (primary N) is 1. The Labute approximate surface area is 123 Å². The normalized spacial score (nSPS) is 12.9. The van der Waals surface area contributed by atoms with Crippen LogP contribution in [0.5, 0.6) is 0 Å². The highest BCUT2D eigenvalue weighted by atomic mass is 19.1. The molecule has 0 radical (unpaired) electrons. The molecule has 0 aliphatic heterocycles. The predicted molar refractivity (Wildman–Crippen MR) is 79.1 cm³/mol. The summed E-state index contributed by atoms with van der Waals surface area (Å²) in [6, 6.07) is 4.72. The zero-order valence-corrected chi connectivity index (χ0v) is 12.6. The van der Waals surface area contributed by atoms with Gasteiger partial charge in [-0.05, 0) is 31.6 Å². The van der Waals surface area contributed by atoms with E-state index in [0.29, 0.717) is 23.5 Å². The third kappa shape index (κ3) is 3.46. The van der Waals surface area contributed by atoms with Crippen LogP contribution in [0.25, 0.3) is 11.5 Å². The summed E-state index contributed by atoms with van der Waals surface area (Å²) in [6.45, 7) is 8.29. The molecule has 0 bridgehead atoms. The molecule has 2 rings (SSSR count). The van der Waals surface area contributed by atoms with Crippen LogP contribution in [0, 0.1) is 12.7 Å². The fourth-order valence-electron chi connectivity index (χ4n) is 2.15. The van der Waals surface area contributed by atoms with E-state index in [4.69, 9.17) is 10.3 Å². The highest BCUT2D eigenvalue weighted by molar-refractivity contribution is 5.55. The van der Waals surface area contributed by atoms with Gasteiger partial charge in [-0.15, -0.1) is 0 Å². The van der Waals surface area contributed by atoms with E-state index in [0.717, 1.165) is 13.1 Å². The third-order valence-corrected chi connectivity index (χ3v) is 3.54. The van der Waals surface area contributed by atoms with E-state index in [9.17, 15) is 4.39 Å². The molecule has 0 aliphatic rings. The Balaban J connectivity index is 2.19. The molecular weight excluding hydrogens is 271 g/mol. The number of rotatable bonds is 6. The maximum atomic E-state index is 14.0. The van der Waals surface area contributed by atoms with Gasteiger partial charge in [-0.25, -0.2) is 4.39 Å². The van der Waals surface area contributed by atoms with E-state index in [1.54, 1.807) is 25.1 Å². The summed E-state index contributed by atoms with van der Waals surface area (Å²) < 4.78 is 19.2. The fourth-order valence-corrected chi connectivity index (χ4v) is 2.15. The molecule has 0 fully saturated rings. The topological polar surface area (TPSA) is 68.2 Å². The van der Waals surface area contributed by atoms with E-state index >= 15 is 0 Å². The van der Waals surface area contributed by atoms with Gasteiger partial charge < -0.3 is 15.2 Å². The van der Waals surface area contributed by atoms with Crippen molar-refractivity contribution in [3.05, 3.63) is 35.4 Å². The second kappa shape index (κ2) is 6.78. The molecular formula is C15H21FN4O. The van der Waals surface area contributed by atoms with Gasteiger partial charge >= 0.3 is 0 Å². The molecule has 6 heteroatoms. The van der Waals surface area contributed by atoms with E-state index in [-0.39, 0.29) is 17.7 Å². The summed E-state index contributed by atoms with van der Waals surface area (Å²) in [5, 5.41) is 3.88. The third-order valence-electron chi connectivity index (χ3n) is 3.54. The van der Waals surface area contributed by atoms with Gasteiger partial charge in [0, 0.05) is 6.54 Å². The number of halogens is 1. The van der Waals surface area contributed by atoms with Gasteiger partial charge in [0.25, 0.3) is 5.89 Å². The lowest BCUT2D eigenvalue weighted by Gasteiger charge is -2.20. The molecule has 5 nitrogen and oxygen atoms in total. The smallest absolute Gasteiger partial charge is 0.260 e. The van der Waals surface area contributed by atoms with Crippen molar-refractivity contribution in [2.24, 2.45) is 5.73 Å². The Morgan fingerprint density at radius 3 is 2.71 bits per heavy atom. The minimum atomic E-state index is -0.352. The molecule has 1 aromatic carbocycles. The van der Waals surface area contributed by atoms with Gasteiger partial charge in [0.2, 0.25) is 0 Å². The first-order valence-corrected chi connectivity index (χ1v) is 7.13. The maximum Gasteiger partial charge on any atom is 0.260 e. The molecule has 2 aromatic rings. The number of hydrogen-bond acceptors (Lipinski definition) is 5. The monoisotopic (exact) mass is 292 g/mol. The van der Waals surface area contributed by atoms with Crippen molar-refractivity contribution >= 4 is 0 Å². The van der Waals surface area contributed by atoms with Crippen LogP contribution in [0.2, 0.25) is 0 Å². The zero-order valence-electron chi connectivity index (χ0n) is 12.6. The van der Waals surface area contributed by atoms with Crippen LogP contribution in [-0.2, 0) is 0 Å². The van der Waals surface area contributed by atoms with E-state index in [1.165, 1.54) is 0 Å². The number of aryl methyl sites for hydroxylation is 1. The molecule has 1 heterocycles. The Morgan fingerprint density at radius 1 is 1.33 bits per heavy atom. The Morgan fingerprint density at radius 2 is 2.05 bits per heavy atom. The number of aromatic nitrogens is 2. The maximum absolute atomic E-state index is 14.0. The highest BCUT2D eigenvalue weighted by Gasteiger charge is 2.19. The lowest BCUT2D eigenvalue weighted by atomic mass is 10.1. The Kier molecular flexibility index (Phi) is 5.03. The van der Waals surface area contributed by atoms with Crippen molar-refractivity contribution in [1.29, 1.82) is 0 Å². The highest BCUT2D eigenvalue weighted by Crippen LogP contribution is 2.24. The first-order chi connectivity index (χ1) is 10.1. The van der Waals surface area contributed by atoms with Crippen LogP contribution < -0.4 is 5.73 Å². The molecule has 0 spiro atoms. The van der Waals surface area contributed by atoms with Gasteiger partial charge in [0.15, 0.2) is 5.82 Å². The average Bonchev–Trinajstić information content (AvgIpc) is 2.97. The molecule has 1 atom stereocenters. The molecule has 2 N–H and O–H groups in total. The summed E-state index contributed by atoms with van der Waals surface area (Å²) in [5.41, 5.74) is 6.94. The molecule has 114 valence electrons. The molecule has 0 amide bonds. The SMILES string of the molecule is CCN(CC)CC(N)c1noc(-c2cccc(C)c2F)n1. The van der Waals surface area contributed by atoms with Gasteiger partial charge in [-0.2, -0.15) is 4.98 Å². The first-order valence-electron chi connectivity index (χ1n) is 7.13. The van der Waals surface area contributed by atoms with Gasteiger partial charge in [0.05, 0.1) is 11.6 Å². The minimum absolute atomic E-state index is 0.168. The van der Waals surface area contributed by atoms with Crippen LogP contribution in [0.4, 0.5) is 4.39 Å². The number of nitrogens with zero attached hydrogens (tertiary/aromatic N) is 3. The first kappa shape index (κ1) is 15.6. The van der Waals surface area contributed by atoms with Crippen LogP contribution in [0.1, 0.15) is 31.3 Å². The molecule has 0 aliphatic carbocycles. The minimum Gasteiger partial charge on any atom is -0.334 e. The largest absolute Gasteiger partial charge is 0.334 e. The summed E-state index contributed by atoms with van der Waals surface area (Å²) in [7, 11) is 0. The van der Waals surface area contributed by atoms with Gasteiger partial charge in [0.1, 0.15) is 5.82 Å². The standard InChI is InChI=1S/C15H21FN4O/c1-4-20(5-2)9-12(17)14-18-15(21-19-14)11-8-6-7-10(3)13(11)16/h6-8,12H,4-5,9,17H2,1-3H3. The molecule has 1 aromatic heterocycles. The Hall–Kier alpha value is -1.79. The summed E-state index contributed by atoms with van der Waals surface area (Å²) in [6.07, 6.45) is 0. The lowest BCUT2D eigenvalue weighted by molar-refractivity contribution is 0.278. The number of hydrogen-bond donors (Lipinski definition) is 1. The molecule has 0 saturated heterocycles. The summed E-state index contributed by atoms with van der Waals surface area (Å²) >= 11 is 0. The second-order valence-electron chi connectivity index (χ2n) is 4.99. The van der Waals surface area contributed by atoms with Crippen LogP contribution >= 0.6 is 0 Å². The predicted octanol–water partition coefficient (Wildman–Crippen LogP) is 2.53. The van der Waals surface area contributed by atoms with E-state index in [2.05, 4.69) is 28.9 Å². The quantitative estimate of drug-likeness (QED) is 0.886. The van der Waals surface area contributed by atoms with Gasteiger partial charge in [-0.3, -0.25) is 0 Å². The van der Waals surface area contributed by atoms with Crippen molar-refractivity contribution in [1.82, 2.24) is 15.0 Å². The molecule has 21 heavy (non-hydrogen) atoms. The summed E-state index contributed by atoms with van der Waals surface area (Å²) in [5.74, 6) is 0.226. The second-order valence-corrected chi connectivity index (χ2v) is 4.99. The lowest BCUT2D eigenvalue weighted by Crippen LogP contribution is -2.32. The van der Waals surface area contributed by atoms with Crippen LogP contribution in [0.3, 0.4) is 0 Å². The summed E-state index contributed by atoms with van der Waals surface area (Å²) in [4.78, 5) is 6.41. The average molecular weight is 292 g/mol. The van der Waals surface area contributed by atoms with Crippen molar-refractivity contribution in [3.8, 4) is 11.5 Å². The van der Waals surface area contributed by atoms with Crippen molar-refractivity contribution in [3.63, 3.8) is 0 Å².